The summed E-state index contributed by atoms with van der Waals surface area (Å²) in [5.74, 6) is -6.79. The average molecular weight is 630 g/mol. The van der Waals surface area contributed by atoms with Crippen molar-refractivity contribution in [2.75, 3.05) is 6.54 Å². The third kappa shape index (κ3) is 15.1. The van der Waals surface area contributed by atoms with Crippen molar-refractivity contribution in [1.82, 2.24) is 26.6 Å². The lowest BCUT2D eigenvalue weighted by atomic mass is 9.96. The molecule has 0 aliphatic heterocycles. The maximum absolute atomic E-state index is 13.1. The van der Waals surface area contributed by atoms with Gasteiger partial charge in [0.1, 0.15) is 30.2 Å². The number of carboxylic acids is 2. The SMILES string of the molecule is CCC(C)C(NC(=O)C(N)CC(C)C)C(=O)NC(C)C(=O)NC(CC(=O)O)C(=O)NC(C)C(=O)NC(CCCCN)C(=O)O. The molecule has 0 aromatic heterocycles. The first-order chi connectivity index (χ1) is 20.4. The number of hydrogen-bond donors (Lipinski definition) is 9. The van der Waals surface area contributed by atoms with Crippen molar-refractivity contribution in [3.05, 3.63) is 0 Å². The second-order valence-corrected chi connectivity index (χ2v) is 11.4. The summed E-state index contributed by atoms with van der Waals surface area (Å²) in [7, 11) is 0. The van der Waals surface area contributed by atoms with Crippen molar-refractivity contribution in [1.29, 1.82) is 0 Å². The van der Waals surface area contributed by atoms with E-state index >= 15 is 0 Å². The van der Waals surface area contributed by atoms with E-state index in [1.165, 1.54) is 13.8 Å². The van der Waals surface area contributed by atoms with Crippen molar-refractivity contribution < 1.29 is 43.8 Å². The molecule has 0 aliphatic rings. The van der Waals surface area contributed by atoms with Crippen LogP contribution in [-0.2, 0) is 33.6 Å². The number of hydrogen-bond acceptors (Lipinski definition) is 9. The molecule has 252 valence electrons. The van der Waals surface area contributed by atoms with Gasteiger partial charge in [0.15, 0.2) is 0 Å². The van der Waals surface area contributed by atoms with E-state index in [1.54, 1.807) is 6.92 Å². The Balaban J connectivity index is 5.45. The van der Waals surface area contributed by atoms with Gasteiger partial charge in [-0.2, -0.15) is 0 Å². The van der Waals surface area contributed by atoms with Crippen molar-refractivity contribution >= 4 is 41.5 Å². The highest BCUT2D eigenvalue weighted by molar-refractivity contribution is 5.97. The quantitative estimate of drug-likeness (QED) is 0.0663. The van der Waals surface area contributed by atoms with E-state index < -0.39 is 84.1 Å². The van der Waals surface area contributed by atoms with Gasteiger partial charge in [-0.1, -0.05) is 34.1 Å². The van der Waals surface area contributed by atoms with Gasteiger partial charge in [-0.3, -0.25) is 28.8 Å². The number of carboxylic acid groups (broad SMARTS) is 2. The highest BCUT2D eigenvalue weighted by Gasteiger charge is 2.32. The van der Waals surface area contributed by atoms with E-state index in [0.717, 1.165) is 0 Å². The second kappa shape index (κ2) is 20.2. The molecule has 0 rings (SSSR count). The summed E-state index contributed by atoms with van der Waals surface area (Å²) < 4.78 is 0. The van der Waals surface area contributed by atoms with Crippen molar-refractivity contribution in [2.45, 2.75) is 116 Å². The lowest BCUT2D eigenvalue weighted by Crippen LogP contribution is -2.59. The summed E-state index contributed by atoms with van der Waals surface area (Å²) in [6.45, 7) is 10.3. The van der Waals surface area contributed by atoms with Crippen LogP contribution in [0.5, 0.6) is 0 Å². The Labute approximate surface area is 258 Å². The Bertz CT molecular complexity index is 1010. The molecule has 16 heteroatoms. The van der Waals surface area contributed by atoms with Crippen LogP contribution in [0, 0.1) is 11.8 Å². The molecule has 0 bridgehead atoms. The second-order valence-electron chi connectivity index (χ2n) is 11.4. The first-order valence-corrected chi connectivity index (χ1v) is 14.9. The summed E-state index contributed by atoms with van der Waals surface area (Å²) in [6, 6.07) is -7.21. The number of unbranched alkanes of at least 4 members (excludes halogenated alkanes) is 1. The lowest BCUT2D eigenvalue weighted by Gasteiger charge is -2.27. The largest absolute Gasteiger partial charge is 0.481 e. The topological polar surface area (TPSA) is 272 Å². The Hall–Kier alpha value is -3.79. The van der Waals surface area contributed by atoms with E-state index in [2.05, 4.69) is 26.6 Å². The monoisotopic (exact) mass is 629 g/mol. The fourth-order valence-electron chi connectivity index (χ4n) is 4.05. The van der Waals surface area contributed by atoms with E-state index in [0.29, 0.717) is 32.2 Å². The normalized spacial score (nSPS) is 15.8. The summed E-state index contributed by atoms with van der Waals surface area (Å²) in [6.07, 6.45) is 1.20. The lowest BCUT2D eigenvalue weighted by molar-refractivity contribution is -0.143. The maximum atomic E-state index is 13.1. The van der Waals surface area contributed by atoms with E-state index in [1.807, 2.05) is 20.8 Å². The van der Waals surface area contributed by atoms with Gasteiger partial charge in [0.2, 0.25) is 29.5 Å². The maximum Gasteiger partial charge on any atom is 0.326 e. The van der Waals surface area contributed by atoms with Crippen LogP contribution in [0.2, 0.25) is 0 Å². The molecule has 0 saturated carbocycles. The third-order valence-electron chi connectivity index (χ3n) is 6.93. The zero-order valence-electron chi connectivity index (χ0n) is 26.5. The van der Waals surface area contributed by atoms with E-state index in [4.69, 9.17) is 11.5 Å². The highest BCUT2D eigenvalue weighted by Crippen LogP contribution is 2.10. The molecule has 0 spiro atoms. The van der Waals surface area contributed by atoms with Gasteiger partial charge < -0.3 is 48.3 Å². The molecule has 0 aromatic rings. The van der Waals surface area contributed by atoms with Gasteiger partial charge in [0.25, 0.3) is 0 Å². The molecule has 44 heavy (non-hydrogen) atoms. The van der Waals surface area contributed by atoms with Gasteiger partial charge in [-0.25, -0.2) is 4.79 Å². The van der Waals surface area contributed by atoms with Crippen LogP contribution in [0.1, 0.15) is 80.1 Å². The van der Waals surface area contributed by atoms with Crippen molar-refractivity contribution in [3.63, 3.8) is 0 Å². The number of aliphatic carboxylic acids is 2. The summed E-state index contributed by atoms with van der Waals surface area (Å²) in [5.41, 5.74) is 11.4. The minimum atomic E-state index is -1.63. The molecule has 0 saturated heterocycles. The van der Waals surface area contributed by atoms with Crippen LogP contribution in [-0.4, -0.2) is 94.5 Å². The number of carbonyl (C=O) groups excluding carboxylic acids is 5. The predicted molar refractivity (Wildman–Crippen MR) is 161 cm³/mol. The Morgan fingerprint density at radius 2 is 1.20 bits per heavy atom. The number of nitrogens with one attached hydrogen (secondary N) is 5. The molecule has 7 unspecified atom stereocenters. The molecule has 0 radical (unpaired) electrons. The van der Waals surface area contributed by atoms with Crippen LogP contribution in [0.25, 0.3) is 0 Å². The highest BCUT2D eigenvalue weighted by atomic mass is 16.4. The Morgan fingerprint density at radius 1 is 0.682 bits per heavy atom. The van der Waals surface area contributed by atoms with Crippen LogP contribution in [0.3, 0.4) is 0 Å². The fourth-order valence-corrected chi connectivity index (χ4v) is 4.05. The Kier molecular flexibility index (Phi) is 18.5. The molecular weight excluding hydrogens is 578 g/mol. The molecule has 5 amide bonds. The van der Waals surface area contributed by atoms with E-state index in [-0.39, 0.29) is 18.3 Å². The first kappa shape index (κ1) is 40.2. The molecule has 0 aromatic carbocycles. The minimum absolute atomic E-state index is 0.118. The van der Waals surface area contributed by atoms with Gasteiger partial charge in [-0.15, -0.1) is 0 Å². The predicted octanol–water partition coefficient (Wildman–Crippen LogP) is -1.44. The summed E-state index contributed by atoms with van der Waals surface area (Å²) in [4.78, 5) is 86.8. The van der Waals surface area contributed by atoms with Gasteiger partial charge in [0, 0.05) is 0 Å². The minimum Gasteiger partial charge on any atom is -0.481 e. The van der Waals surface area contributed by atoms with Gasteiger partial charge in [0.05, 0.1) is 12.5 Å². The zero-order valence-corrected chi connectivity index (χ0v) is 26.5. The molecule has 0 aliphatic carbocycles. The molecular formula is C28H51N7O9. The zero-order chi connectivity index (χ0) is 34.1. The molecule has 0 fully saturated rings. The number of amides is 5. The summed E-state index contributed by atoms with van der Waals surface area (Å²) >= 11 is 0. The van der Waals surface area contributed by atoms with Gasteiger partial charge in [-0.05, 0) is 57.9 Å². The van der Waals surface area contributed by atoms with E-state index in [9.17, 15) is 43.8 Å². The standard InChI is InChI=1S/C28H51N7O9/c1-7-15(4)22(35-25(40)18(30)12-14(2)3)27(42)32-17(6)24(39)34-20(13-21(36)37)26(41)31-16(5)23(38)33-19(28(43)44)10-8-9-11-29/h14-20,22H,7-13,29-30H2,1-6H3,(H,31,41)(H,32,42)(H,33,38)(H,34,39)(H,35,40)(H,36,37)(H,43,44). The first-order valence-electron chi connectivity index (χ1n) is 14.9. The Morgan fingerprint density at radius 3 is 1.66 bits per heavy atom. The van der Waals surface area contributed by atoms with Crippen molar-refractivity contribution in [3.8, 4) is 0 Å². The van der Waals surface area contributed by atoms with Crippen LogP contribution in [0.15, 0.2) is 0 Å². The molecule has 16 nitrogen and oxygen atoms in total. The fraction of sp³-hybridized carbons (Fsp3) is 0.750. The van der Waals surface area contributed by atoms with Crippen LogP contribution in [0.4, 0.5) is 0 Å². The number of carbonyl (C=O) groups is 7. The van der Waals surface area contributed by atoms with Gasteiger partial charge >= 0.3 is 11.9 Å². The molecule has 0 heterocycles. The van der Waals surface area contributed by atoms with Crippen molar-refractivity contribution in [2.24, 2.45) is 23.3 Å². The number of rotatable bonds is 21. The smallest absolute Gasteiger partial charge is 0.326 e. The molecule has 7 atom stereocenters. The van der Waals surface area contributed by atoms with Crippen LogP contribution < -0.4 is 38.1 Å². The van der Waals surface area contributed by atoms with Crippen LogP contribution >= 0.6 is 0 Å². The third-order valence-corrected chi connectivity index (χ3v) is 6.93. The average Bonchev–Trinajstić information content (AvgIpc) is 2.93. The summed E-state index contributed by atoms with van der Waals surface area (Å²) in [5, 5.41) is 30.6. The molecule has 11 N–H and O–H groups in total. The number of nitrogens with two attached hydrogens (primary N) is 2.